The number of hydrogen-bond acceptors (Lipinski definition) is 2. The summed E-state index contributed by atoms with van der Waals surface area (Å²) in [5, 5.41) is 21.9. The zero-order valence-corrected chi connectivity index (χ0v) is 19.0. The molecule has 2 N–H and O–H groups in total. The van der Waals surface area contributed by atoms with E-state index in [1.54, 1.807) is 0 Å². The summed E-state index contributed by atoms with van der Waals surface area (Å²) in [5.74, 6) is 6.77. The van der Waals surface area contributed by atoms with Crippen molar-refractivity contribution in [1.29, 1.82) is 0 Å². The van der Waals surface area contributed by atoms with E-state index in [2.05, 4.69) is 38.4 Å². The van der Waals surface area contributed by atoms with E-state index >= 15 is 0 Å². The standard InChI is InChI=1S/C25H36O2Si/c1-5-6-7-8-9-10-11-15-18-22(28(2,3)4)23-21(24(26)25(23)27)19-20-16-13-12-14-17-20/h12-14,16-17,19,24-27H,5-11H2,1-4H3/b21-19-,23-22-/t24-,25+/m1/s1. The first kappa shape index (κ1) is 22.7. The van der Waals surface area contributed by atoms with Crippen molar-refractivity contribution >= 4 is 14.1 Å². The molecule has 0 heterocycles. The molecule has 0 saturated heterocycles. The van der Waals surface area contributed by atoms with Crippen LogP contribution in [0.1, 0.15) is 57.4 Å². The van der Waals surface area contributed by atoms with Gasteiger partial charge in [-0.1, -0.05) is 101 Å². The first-order valence-electron chi connectivity index (χ1n) is 10.7. The van der Waals surface area contributed by atoms with Crippen molar-refractivity contribution in [3.8, 4) is 11.8 Å². The molecule has 0 radical (unpaired) electrons. The van der Waals surface area contributed by atoms with Crippen molar-refractivity contribution in [3.05, 3.63) is 52.2 Å². The molecule has 0 unspecified atom stereocenters. The van der Waals surface area contributed by atoms with Crippen LogP contribution in [0.3, 0.4) is 0 Å². The van der Waals surface area contributed by atoms with E-state index in [1.165, 1.54) is 32.1 Å². The van der Waals surface area contributed by atoms with Gasteiger partial charge >= 0.3 is 0 Å². The van der Waals surface area contributed by atoms with Gasteiger partial charge in [0.05, 0.1) is 8.07 Å². The summed E-state index contributed by atoms with van der Waals surface area (Å²) in [6.07, 6.45) is 8.87. The molecule has 28 heavy (non-hydrogen) atoms. The van der Waals surface area contributed by atoms with Crippen LogP contribution < -0.4 is 0 Å². The number of aliphatic hydroxyl groups excluding tert-OH is 2. The predicted octanol–water partition coefficient (Wildman–Crippen LogP) is 5.73. The summed E-state index contributed by atoms with van der Waals surface area (Å²) in [6, 6.07) is 9.97. The molecule has 1 aliphatic rings. The Morgan fingerprint density at radius 1 is 0.964 bits per heavy atom. The summed E-state index contributed by atoms with van der Waals surface area (Å²) in [4.78, 5) is 0. The van der Waals surface area contributed by atoms with Gasteiger partial charge in [0, 0.05) is 6.42 Å². The summed E-state index contributed by atoms with van der Waals surface area (Å²) >= 11 is 0. The van der Waals surface area contributed by atoms with Crippen molar-refractivity contribution in [2.24, 2.45) is 0 Å². The highest BCUT2D eigenvalue weighted by atomic mass is 28.3. The first-order valence-corrected chi connectivity index (χ1v) is 14.2. The molecular weight excluding hydrogens is 360 g/mol. The van der Waals surface area contributed by atoms with Crippen molar-refractivity contribution in [2.45, 2.75) is 83.7 Å². The number of allylic oxidation sites excluding steroid dienone is 1. The van der Waals surface area contributed by atoms with E-state index in [0.717, 1.165) is 34.7 Å². The molecule has 0 amide bonds. The highest BCUT2D eigenvalue weighted by Gasteiger charge is 2.42. The van der Waals surface area contributed by atoms with E-state index in [4.69, 9.17) is 0 Å². The highest BCUT2D eigenvalue weighted by Crippen LogP contribution is 2.40. The Morgan fingerprint density at radius 2 is 1.61 bits per heavy atom. The minimum absolute atomic E-state index is 0.818. The summed E-state index contributed by atoms with van der Waals surface area (Å²) in [7, 11) is -1.74. The van der Waals surface area contributed by atoms with Crippen LogP contribution in [0.2, 0.25) is 19.6 Å². The molecule has 0 bridgehead atoms. The molecule has 2 atom stereocenters. The number of unbranched alkanes of at least 4 members (excludes halogenated alkanes) is 6. The molecule has 1 fully saturated rings. The number of benzene rings is 1. The maximum absolute atomic E-state index is 10.5. The van der Waals surface area contributed by atoms with E-state index in [1.807, 2.05) is 36.4 Å². The Hall–Kier alpha value is -1.60. The van der Waals surface area contributed by atoms with Crippen LogP contribution >= 0.6 is 0 Å². The van der Waals surface area contributed by atoms with Gasteiger partial charge in [0.15, 0.2) is 0 Å². The Bertz CT molecular complexity index is 744. The van der Waals surface area contributed by atoms with Crippen LogP contribution in [-0.4, -0.2) is 30.5 Å². The average molecular weight is 397 g/mol. The Morgan fingerprint density at radius 3 is 2.25 bits per heavy atom. The Balaban J connectivity index is 2.17. The van der Waals surface area contributed by atoms with Gasteiger partial charge in [-0.05, 0) is 34.4 Å². The molecule has 0 aromatic heterocycles. The summed E-state index contributed by atoms with van der Waals surface area (Å²) < 4.78 is 0. The van der Waals surface area contributed by atoms with Gasteiger partial charge in [0.25, 0.3) is 0 Å². The molecular formula is C25H36O2Si. The van der Waals surface area contributed by atoms with Crippen LogP contribution in [0.4, 0.5) is 0 Å². The van der Waals surface area contributed by atoms with Crippen molar-refractivity contribution < 1.29 is 10.2 Å². The van der Waals surface area contributed by atoms with E-state index in [9.17, 15) is 10.2 Å². The molecule has 2 rings (SSSR count). The normalized spacial score (nSPS) is 22.4. The van der Waals surface area contributed by atoms with Gasteiger partial charge in [0.1, 0.15) is 12.2 Å². The minimum Gasteiger partial charge on any atom is -0.385 e. The van der Waals surface area contributed by atoms with Crippen LogP contribution in [0, 0.1) is 11.8 Å². The lowest BCUT2D eigenvalue weighted by Gasteiger charge is -2.39. The zero-order chi connectivity index (χ0) is 20.6. The number of aliphatic hydroxyl groups is 2. The molecule has 1 aromatic carbocycles. The van der Waals surface area contributed by atoms with Crippen LogP contribution in [0.5, 0.6) is 0 Å². The average Bonchev–Trinajstić information content (AvgIpc) is 2.67. The Labute approximate surface area is 172 Å². The fraction of sp³-hybridized carbons (Fsp3) is 0.520. The molecule has 1 aromatic rings. The van der Waals surface area contributed by atoms with Gasteiger partial charge in [-0.15, -0.1) is 0 Å². The highest BCUT2D eigenvalue weighted by molar-refractivity contribution is 6.84. The number of hydrogen-bond donors (Lipinski definition) is 2. The second-order valence-corrected chi connectivity index (χ2v) is 13.8. The molecule has 152 valence electrons. The largest absolute Gasteiger partial charge is 0.385 e. The van der Waals surface area contributed by atoms with E-state index in [0.29, 0.717) is 0 Å². The molecule has 1 saturated carbocycles. The fourth-order valence-corrected chi connectivity index (χ4v) is 5.11. The minimum atomic E-state index is -1.74. The summed E-state index contributed by atoms with van der Waals surface area (Å²) in [5.41, 5.74) is 2.73. The second-order valence-electron chi connectivity index (χ2n) is 8.76. The predicted molar refractivity (Wildman–Crippen MR) is 123 cm³/mol. The molecule has 0 aliphatic heterocycles. The van der Waals surface area contributed by atoms with E-state index < -0.39 is 20.3 Å². The van der Waals surface area contributed by atoms with Gasteiger partial charge < -0.3 is 10.2 Å². The maximum atomic E-state index is 10.5. The van der Waals surface area contributed by atoms with Crippen molar-refractivity contribution in [3.63, 3.8) is 0 Å². The molecule has 1 aliphatic carbocycles. The third kappa shape index (κ3) is 6.20. The monoisotopic (exact) mass is 396 g/mol. The smallest absolute Gasteiger partial charge is 0.110 e. The SMILES string of the molecule is CCCCCCCCC#C/C(=C1\C(=C\c2ccccc2)[C@@H](O)[C@H]1O)[Si](C)(C)C. The first-order chi connectivity index (χ1) is 13.4. The topological polar surface area (TPSA) is 40.5 Å². The van der Waals surface area contributed by atoms with Crippen molar-refractivity contribution in [1.82, 2.24) is 0 Å². The molecule has 2 nitrogen and oxygen atoms in total. The molecule has 0 spiro atoms. The zero-order valence-electron chi connectivity index (χ0n) is 18.0. The Kier molecular flexibility index (Phi) is 8.76. The number of rotatable bonds is 8. The van der Waals surface area contributed by atoms with Crippen LogP contribution in [0.25, 0.3) is 6.08 Å². The fourth-order valence-electron chi connectivity index (χ4n) is 3.55. The van der Waals surface area contributed by atoms with Gasteiger partial charge in [-0.2, -0.15) is 0 Å². The maximum Gasteiger partial charge on any atom is 0.110 e. The van der Waals surface area contributed by atoms with Crippen LogP contribution in [-0.2, 0) is 0 Å². The lowest BCUT2D eigenvalue weighted by Crippen LogP contribution is -2.45. The third-order valence-corrected chi connectivity index (χ3v) is 7.13. The van der Waals surface area contributed by atoms with E-state index in [-0.39, 0.29) is 0 Å². The van der Waals surface area contributed by atoms with Gasteiger partial charge in [-0.25, -0.2) is 0 Å². The van der Waals surface area contributed by atoms with Gasteiger partial charge in [-0.3, -0.25) is 0 Å². The second kappa shape index (κ2) is 10.8. The van der Waals surface area contributed by atoms with Gasteiger partial charge in [0.2, 0.25) is 0 Å². The van der Waals surface area contributed by atoms with Crippen LogP contribution in [0.15, 0.2) is 46.7 Å². The molecule has 3 heteroatoms. The van der Waals surface area contributed by atoms with Crippen molar-refractivity contribution in [2.75, 3.05) is 0 Å². The quantitative estimate of drug-likeness (QED) is 0.334. The third-order valence-electron chi connectivity index (χ3n) is 5.23. The lowest BCUT2D eigenvalue weighted by atomic mass is 9.78. The summed E-state index contributed by atoms with van der Waals surface area (Å²) in [6.45, 7) is 9.01. The lowest BCUT2D eigenvalue weighted by molar-refractivity contribution is 0.0354.